The van der Waals surface area contributed by atoms with Crippen molar-refractivity contribution in [3.63, 3.8) is 0 Å². The molecule has 1 amide bonds. The second kappa shape index (κ2) is 9.70. The van der Waals surface area contributed by atoms with E-state index in [1.54, 1.807) is 13.8 Å². The molecule has 3 aromatic rings. The highest BCUT2D eigenvalue weighted by atomic mass is 32.2. The van der Waals surface area contributed by atoms with E-state index in [0.29, 0.717) is 18.5 Å². The van der Waals surface area contributed by atoms with Crippen LogP contribution in [0, 0.1) is 18.7 Å². The number of carbonyl (C=O) groups excluding carboxylic acids is 1. The third-order valence-corrected chi connectivity index (χ3v) is 7.01. The quantitative estimate of drug-likeness (QED) is 0.393. The van der Waals surface area contributed by atoms with Crippen LogP contribution in [0.5, 0.6) is 11.6 Å². The Labute approximate surface area is 207 Å². The average molecular weight is 517 g/mol. The van der Waals surface area contributed by atoms with Crippen LogP contribution in [0.4, 0.5) is 10.1 Å². The van der Waals surface area contributed by atoms with E-state index in [2.05, 4.69) is 15.1 Å². The lowest BCUT2D eigenvalue weighted by Crippen LogP contribution is -2.26. The van der Waals surface area contributed by atoms with Crippen molar-refractivity contribution in [3.8, 4) is 17.3 Å². The molecule has 0 saturated heterocycles. The zero-order chi connectivity index (χ0) is 26.2. The van der Waals surface area contributed by atoms with Crippen LogP contribution in [0.25, 0.3) is 5.69 Å². The van der Waals surface area contributed by atoms with Gasteiger partial charge in [-0.1, -0.05) is 13.8 Å². The molecule has 0 bridgehead atoms. The third-order valence-electron chi connectivity index (χ3n) is 5.47. The molecule has 0 atom stereocenters. The van der Waals surface area contributed by atoms with Crippen LogP contribution in [0.2, 0.25) is 0 Å². The molecule has 1 aliphatic rings. The number of nitrogens with one attached hydrogen (secondary N) is 2. The number of aromatic nitrogens is 2. The number of ether oxygens (including phenoxy) is 1. The molecule has 0 unspecified atom stereocenters. The highest BCUT2D eigenvalue weighted by molar-refractivity contribution is 7.89. The second-order valence-corrected chi connectivity index (χ2v) is 10.5. The van der Waals surface area contributed by atoms with Gasteiger partial charge in [-0.25, -0.2) is 22.3 Å². The first kappa shape index (κ1) is 25.3. The van der Waals surface area contributed by atoms with Crippen LogP contribution in [0.15, 0.2) is 47.4 Å². The van der Waals surface area contributed by atoms with Crippen LogP contribution in [-0.4, -0.2) is 41.2 Å². The highest BCUT2D eigenvalue weighted by Crippen LogP contribution is 2.36. The smallest absolute Gasteiger partial charge is 0.356 e. The molecule has 1 fully saturated rings. The van der Waals surface area contributed by atoms with Crippen molar-refractivity contribution in [1.82, 2.24) is 14.5 Å². The van der Waals surface area contributed by atoms with Gasteiger partial charge < -0.3 is 15.2 Å². The molecule has 2 aromatic carbocycles. The Balaban J connectivity index is 1.82. The summed E-state index contributed by atoms with van der Waals surface area (Å²) in [7, 11) is -4.05. The fourth-order valence-corrected chi connectivity index (χ4v) is 4.77. The predicted octanol–water partition coefficient (Wildman–Crippen LogP) is 3.85. The number of hydrogen-bond donors (Lipinski definition) is 3. The number of rotatable bonds is 9. The first-order valence-electron chi connectivity index (χ1n) is 11.2. The summed E-state index contributed by atoms with van der Waals surface area (Å²) in [6, 6.07) is 9.08. The standard InChI is InChI=1S/C24H25FN4O6S/c1-13(2)22(30)26-17-8-11-19(20(12-17)36(33,34)28-16-6-7-16)35-23-14(3)21(24(31)32)27-29(23)18-9-4-15(25)5-10-18/h4-5,8-13,16,28H,6-7H2,1-3H3,(H,26,30)(H,31,32). The minimum atomic E-state index is -4.05. The largest absolute Gasteiger partial charge is 0.476 e. The lowest BCUT2D eigenvalue weighted by atomic mass is 10.2. The van der Waals surface area contributed by atoms with E-state index in [-0.39, 0.29) is 51.3 Å². The molecule has 0 radical (unpaired) electrons. The summed E-state index contributed by atoms with van der Waals surface area (Å²) in [4.78, 5) is 23.7. The van der Waals surface area contributed by atoms with Gasteiger partial charge in [0.15, 0.2) is 5.69 Å². The molecule has 12 heteroatoms. The number of carboxylic acid groups (broad SMARTS) is 1. The van der Waals surface area contributed by atoms with Gasteiger partial charge in [0.05, 0.1) is 5.69 Å². The minimum absolute atomic E-state index is 0.0548. The molecule has 3 N–H and O–H groups in total. The van der Waals surface area contributed by atoms with Crippen molar-refractivity contribution in [2.24, 2.45) is 5.92 Å². The van der Waals surface area contributed by atoms with Crippen LogP contribution in [-0.2, 0) is 14.8 Å². The van der Waals surface area contributed by atoms with Gasteiger partial charge in [0, 0.05) is 23.2 Å². The summed E-state index contributed by atoms with van der Waals surface area (Å²) in [5.41, 5.74) is 0.397. The number of amides is 1. The predicted molar refractivity (Wildman–Crippen MR) is 129 cm³/mol. The summed E-state index contributed by atoms with van der Waals surface area (Å²) in [5.74, 6) is -2.59. The van der Waals surface area contributed by atoms with Crippen LogP contribution in [0.1, 0.15) is 42.7 Å². The van der Waals surface area contributed by atoms with Gasteiger partial charge >= 0.3 is 5.97 Å². The van der Waals surface area contributed by atoms with E-state index < -0.39 is 21.8 Å². The molecule has 1 saturated carbocycles. The molecule has 1 aromatic heterocycles. The normalized spacial score (nSPS) is 13.6. The number of carbonyl (C=O) groups is 2. The molecule has 1 heterocycles. The number of nitrogens with zero attached hydrogens (tertiary/aromatic N) is 2. The fraction of sp³-hybridized carbons (Fsp3) is 0.292. The summed E-state index contributed by atoms with van der Waals surface area (Å²) in [6.45, 7) is 4.89. The zero-order valence-electron chi connectivity index (χ0n) is 19.8. The number of sulfonamides is 1. The van der Waals surface area contributed by atoms with Crippen LogP contribution >= 0.6 is 0 Å². The van der Waals surface area contributed by atoms with Gasteiger partial charge in [-0.15, -0.1) is 0 Å². The maximum absolute atomic E-state index is 13.5. The number of carboxylic acids is 1. The second-order valence-electron chi connectivity index (χ2n) is 8.78. The van der Waals surface area contributed by atoms with Gasteiger partial charge in [0.1, 0.15) is 16.5 Å². The maximum atomic E-state index is 13.5. The lowest BCUT2D eigenvalue weighted by molar-refractivity contribution is -0.118. The van der Waals surface area contributed by atoms with E-state index in [9.17, 15) is 27.5 Å². The summed E-state index contributed by atoms with van der Waals surface area (Å²) >= 11 is 0. The lowest BCUT2D eigenvalue weighted by Gasteiger charge is -2.16. The fourth-order valence-electron chi connectivity index (χ4n) is 3.32. The van der Waals surface area contributed by atoms with E-state index >= 15 is 0 Å². The molecule has 36 heavy (non-hydrogen) atoms. The highest BCUT2D eigenvalue weighted by Gasteiger charge is 2.31. The molecule has 0 spiro atoms. The van der Waals surface area contributed by atoms with E-state index in [0.717, 1.165) is 4.68 Å². The van der Waals surface area contributed by atoms with Crippen molar-refractivity contribution in [2.45, 2.75) is 44.6 Å². The topological polar surface area (TPSA) is 140 Å². The molecule has 1 aliphatic carbocycles. The van der Waals surface area contributed by atoms with Crippen molar-refractivity contribution in [2.75, 3.05) is 5.32 Å². The SMILES string of the molecule is Cc1c(C(=O)O)nn(-c2ccc(F)cc2)c1Oc1ccc(NC(=O)C(C)C)cc1S(=O)(=O)NC1CC1. The number of hydrogen-bond acceptors (Lipinski definition) is 6. The van der Waals surface area contributed by atoms with Gasteiger partial charge in [-0.05, 0) is 62.2 Å². The first-order chi connectivity index (χ1) is 17.0. The number of aromatic carboxylic acids is 1. The van der Waals surface area contributed by atoms with E-state index in [1.165, 1.54) is 49.4 Å². The van der Waals surface area contributed by atoms with Gasteiger partial charge in [0.2, 0.25) is 21.8 Å². The Bertz CT molecular complexity index is 1430. The molecule has 190 valence electrons. The monoisotopic (exact) mass is 516 g/mol. The third kappa shape index (κ3) is 5.39. The minimum Gasteiger partial charge on any atom is -0.476 e. The Morgan fingerprint density at radius 1 is 1.17 bits per heavy atom. The van der Waals surface area contributed by atoms with Crippen LogP contribution in [0.3, 0.4) is 0 Å². The maximum Gasteiger partial charge on any atom is 0.356 e. The van der Waals surface area contributed by atoms with Crippen LogP contribution < -0.4 is 14.8 Å². The molecule has 4 rings (SSSR count). The van der Waals surface area contributed by atoms with Gasteiger partial charge in [-0.2, -0.15) is 9.78 Å². The molecule has 0 aliphatic heterocycles. The Morgan fingerprint density at radius 2 is 1.83 bits per heavy atom. The number of benzene rings is 2. The zero-order valence-corrected chi connectivity index (χ0v) is 20.6. The van der Waals surface area contributed by atoms with E-state index in [4.69, 9.17) is 4.74 Å². The first-order valence-corrected chi connectivity index (χ1v) is 12.7. The average Bonchev–Trinajstić information content (AvgIpc) is 3.56. The van der Waals surface area contributed by atoms with Crippen molar-refractivity contribution in [1.29, 1.82) is 0 Å². The number of halogens is 1. The molecular formula is C24H25FN4O6S. The summed E-state index contributed by atoms with van der Waals surface area (Å²) in [5, 5.41) is 16.3. The van der Waals surface area contributed by atoms with Gasteiger partial charge in [-0.3, -0.25) is 4.79 Å². The Kier molecular flexibility index (Phi) is 6.83. The summed E-state index contributed by atoms with van der Waals surface area (Å²) in [6.07, 6.45) is 1.41. The summed E-state index contributed by atoms with van der Waals surface area (Å²) < 4.78 is 49.6. The number of anilines is 1. The Morgan fingerprint density at radius 3 is 2.42 bits per heavy atom. The Hall–Kier alpha value is -3.77. The van der Waals surface area contributed by atoms with Crippen molar-refractivity contribution < 1.29 is 32.2 Å². The van der Waals surface area contributed by atoms with E-state index in [1.807, 2.05) is 0 Å². The molecular weight excluding hydrogens is 491 g/mol. The van der Waals surface area contributed by atoms with Crippen molar-refractivity contribution in [3.05, 3.63) is 59.5 Å². The van der Waals surface area contributed by atoms with Gasteiger partial charge in [0.25, 0.3) is 0 Å². The van der Waals surface area contributed by atoms with Crippen molar-refractivity contribution >= 4 is 27.6 Å². The molecule has 10 nitrogen and oxygen atoms in total.